The van der Waals surface area contributed by atoms with Crippen LogP contribution in [-0.2, 0) is 0 Å². The number of nitrogens with zero attached hydrogens (tertiary/aromatic N) is 1. The Bertz CT molecular complexity index is 350. The van der Waals surface area contributed by atoms with Crippen molar-refractivity contribution in [1.82, 2.24) is 10.2 Å². The Kier molecular flexibility index (Phi) is 7.86. The van der Waals surface area contributed by atoms with Gasteiger partial charge in [0.25, 0.3) is 0 Å². The van der Waals surface area contributed by atoms with Crippen LogP contribution >= 0.6 is 0 Å². The van der Waals surface area contributed by atoms with E-state index in [0.717, 1.165) is 19.6 Å². The van der Waals surface area contributed by atoms with E-state index < -0.39 is 0 Å². The standard InChI is InChI=1S/C18H32N2/c1-6-15(3)18(17-11-9-8-10-12-17)13-19-16(4)14-20(5)7-2/h8-12,15-16,18-19H,6-7,13-14H2,1-5H3. The topological polar surface area (TPSA) is 15.3 Å². The van der Waals surface area contributed by atoms with Gasteiger partial charge in [-0.3, -0.25) is 0 Å². The summed E-state index contributed by atoms with van der Waals surface area (Å²) in [6, 6.07) is 11.5. The van der Waals surface area contributed by atoms with Crippen molar-refractivity contribution >= 4 is 0 Å². The molecule has 3 atom stereocenters. The van der Waals surface area contributed by atoms with E-state index in [-0.39, 0.29) is 0 Å². The van der Waals surface area contributed by atoms with E-state index in [1.165, 1.54) is 12.0 Å². The number of nitrogens with one attached hydrogen (secondary N) is 1. The zero-order chi connectivity index (χ0) is 15.0. The van der Waals surface area contributed by atoms with Gasteiger partial charge in [-0.15, -0.1) is 0 Å². The van der Waals surface area contributed by atoms with Crippen LogP contribution in [0.4, 0.5) is 0 Å². The van der Waals surface area contributed by atoms with Gasteiger partial charge in [-0.25, -0.2) is 0 Å². The lowest BCUT2D eigenvalue weighted by molar-refractivity contribution is 0.300. The maximum atomic E-state index is 3.72. The average molecular weight is 276 g/mol. The summed E-state index contributed by atoms with van der Waals surface area (Å²) in [5, 5.41) is 3.72. The van der Waals surface area contributed by atoms with Gasteiger partial charge in [-0.1, -0.05) is 57.5 Å². The monoisotopic (exact) mass is 276 g/mol. The predicted octanol–water partition coefficient (Wildman–Crippen LogP) is 3.75. The molecule has 0 aromatic heterocycles. The van der Waals surface area contributed by atoms with Gasteiger partial charge < -0.3 is 10.2 Å². The van der Waals surface area contributed by atoms with Crippen LogP contribution in [-0.4, -0.2) is 37.6 Å². The molecule has 0 radical (unpaired) electrons. The Morgan fingerprint density at radius 1 is 1.10 bits per heavy atom. The smallest absolute Gasteiger partial charge is 0.0166 e. The lowest BCUT2D eigenvalue weighted by Crippen LogP contribution is -2.40. The van der Waals surface area contributed by atoms with E-state index in [2.05, 4.69) is 75.3 Å². The molecule has 0 bridgehead atoms. The van der Waals surface area contributed by atoms with E-state index in [1.54, 1.807) is 0 Å². The maximum absolute atomic E-state index is 3.72. The molecule has 1 aromatic carbocycles. The molecule has 2 heteroatoms. The molecule has 0 aliphatic rings. The molecule has 0 spiro atoms. The third kappa shape index (κ3) is 5.64. The molecule has 1 rings (SSSR count). The number of rotatable bonds is 9. The van der Waals surface area contributed by atoms with Crippen LogP contribution in [0, 0.1) is 5.92 Å². The minimum Gasteiger partial charge on any atom is -0.312 e. The second kappa shape index (κ2) is 9.15. The van der Waals surface area contributed by atoms with Crippen molar-refractivity contribution in [2.24, 2.45) is 5.92 Å². The second-order valence-electron chi connectivity index (χ2n) is 6.07. The van der Waals surface area contributed by atoms with Gasteiger partial charge in [0.15, 0.2) is 0 Å². The van der Waals surface area contributed by atoms with Crippen LogP contribution in [0.1, 0.15) is 45.6 Å². The van der Waals surface area contributed by atoms with Crippen molar-refractivity contribution in [2.75, 3.05) is 26.7 Å². The Morgan fingerprint density at radius 2 is 1.75 bits per heavy atom. The molecule has 0 heterocycles. The zero-order valence-corrected chi connectivity index (χ0v) is 13.9. The summed E-state index contributed by atoms with van der Waals surface area (Å²) in [7, 11) is 2.18. The van der Waals surface area contributed by atoms with Crippen molar-refractivity contribution in [3.05, 3.63) is 35.9 Å². The molecular formula is C18H32N2. The highest BCUT2D eigenvalue weighted by Crippen LogP contribution is 2.26. The van der Waals surface area contributed by atoms with Gasteiger partial charge in [-0.05, 0) is 37.9 Å². The molecule has 20 heavy (non-hydrogen) atoms. The minimum absolute atomic E-state index is 0.537. The van der Waals surface area contributed by atoms with Gasteiger partial charge in [0.2, 0.25) is 0 Å². The van der Waals surface area contributed by atoms with Crippen LogP contribution in [0.5, 0.6) is 0 Å². The predicted molar refractivity (Wildman–Crippen MR) is 89.3 cm³/mol. The fourth-order valence-electron chi connectivity index (χ4n) is 2.62. The summed E-state index contributed by atoms with van der Waals surface area (Å²) in [5.41, 5.74) is 1.46. The second-order valence-corrected chi connectivity index (χ2v) is 6.07. The van der Waals surface area contributed by atoms with Crippen LogP contribution in [0.3, 0.4) is 0 Å². The summed E-state index contributed by atoms with van der Waals surface area (Å²) in [4.78, 5) is 2.36. The lowest BCUT2D eigenvalue weighted by atomic mass is 9.85. The summed E-state index contributed by atoms with van der Waals surface area (Å²) in [6.45, 7) is 12.4. The molecule has 2 nitrogen and oxygen atoms in total. The Morgan fingerprint density at radius 3 is 2.30 bits per heavy atom. The Hall–Kier alpha value is -0.860. The van der Waals surface area contributed by atoms with Gasteiger partial charge >= 0.3 is 0 Å². The first-order chi connectivity index (χ1) is 9.58. The highest BCUT2D eigenvalue weighted by atomic mass is 15.1. The van der Waals surface area contributed by atoms with Crippen molar-refractivity contribution < 1.29 is 0 Å². The van der Waals surface area contributed by atoms with Crippen LogP contribution in [0.25, 0.3) is 0 Å². The zero-order valence-electron chi connectivity index (χ0n) is 13.9. The highest BCUT2D eigenvalue weighted by Gasteiger charge is 2.18. The van der Waals surface area contributed by atoms with Crippen LogP contribution < -0.4 is 5.32 Å². The summed E-state index contributed by atoms with van der Waals surface area (Å²) >= 11 is 0. The number of benzene rings is 1. The molecule has 0 aliphatic carbocycles. The molecule has 0 amide bonds. The first kappa shape index (κ1) is 17.2. The molecule has 0 fully saturated rings. The normalized spacial score (nSPS) is 16.1. The van der Waals surface area contributed by atoms with E-state index in [9.17, 15) is 0 Å². The SMILES string of the molecule is CCC(C)C(CNC(C)CN(C)CC)c1ccccc1. The fraction of sp³-hybridized carbons (Fsp3) is 0.667. The van der Waals surface area contributed by atoms with Crippen molar-refractivity contribution in [1.29, 1.82) is 0 Å². The summed E-state index contributed by atoms with van der Waals surface area (Å²) in [5.74, 6) is 1.32. The first-order valence-electron chi connectivity index (χ1n) is 8.05. The van der Waals surface area contributed by atoms with Crippen LogP contribution in [0.15, 0.2) is 30.3 Å². The number of hydrogen-bond acceptors (Lipinski definition) is 2. The molecular weight excluding hydrogens is 244 g/mol. The third-order valence-electron chi connectivity index (χ3n) is 4.37. The summed E-state index contributed by atoms with van der Waals surface area (Å²) in [6.07, 6.45) is 1.23. The quantitative estimate of drug-likeness (QED) is 0.739. The third-order valence-corrected chi connectivity index (χ3v) is 4.37. The number of likely N-dealkylation sites (N-methyl/N-ethyl adjacent to an activating group) is 1. The van der Waals surface area contributed by atoms with Crippen molar-refractivity contribution in [3.63, 3.8) is 0 Å². The minimum atomic E-state index is 0.537. The largest absolute Gasteiger partial charge is 0.312 e. The average Bonchev–Trinajstić information content (AvgIpc) is 2.48. The first-order valence-corrected chi connectivity index (χ1v) is 8.05. The molecule has 0 aliphatic heterocycles. The molecule has 3 unspecified atom stereocenters. The van der Waals surface area contributed by atoms with Crippen LogP contribution in [0.2, 0.25) is 0 Å². The van der Waals surface area contributed by atoms with Gasteiger partial charge in [0, 0.05) is 19.1 Å². The Labute approximate surface area is 125 Å². The number of hydrogen-bond donors (Lipinski definition) is 1. The maximum Gasteiger partial charge on any atom is 0.0166 e. The molecule has 0 saturated carbocycles. The van der Waals surface area contributed by atoms with Gasteiger partial charge in [0.1, 0.15) is 0 Å². The van der Waals surface area contributed by atoms with E-state index in [1.807, 2.05) is 0 Å². The molecule has 1 aromatic rings. The molecule has 0 saturated heterocycles. The van der Waals surface area contributed by atoms with E-state index in [4.69, 9.17) is 0 Å². The Balaban J connectivity index is 2.58. The van der Waals surface area contributed by atoms with Gasteiger partial charge in [0.05, 0.1) is 0 Å². The highest BCUT2D eigenvalue weighted by molar-refractivity contribution is 5.20. The summed E-state index contributed by atoms with van der Waals surface area (Å²) < 4.78 is 0. The van der Waals surface area contributed by atoms with E-state index in [0.29, 0.717) is 17.9 Å². The van der Waals surface area contributed by atoms with E-state index >= 15 is 0 Å². The lowest BCUT2D eigenvalue weighted by Gasteiger charge is -2.27. The van der Waals surface area contributed by atoms with Crippen molar-refractivity contribution in [3.8, 4) is 0 Å². The van der Waals surface area contributed by atoms with Gasteiger partial charge in [-0.2, -0.15) is 0 Å². The molecule has 114 valence electrons. The van der Waals surface area contributed by atoms with Crippen molar-refractivity contribution in [2.45, 2.75) is 46.1 Å². The fourth-order valence-corrected chi connectivity index (χ4v) is 2.62. The molecule has 1 N–H and O–H groups in total.